The van der Waals surface area contributed by atoms with Crippen LogP contribution in [0.1, 0.15) is 63.1 Å². The first-order chi connectivity index (χ1) is 12.9. The Morgan fingerprint density at radius 1 is 1.11 bits per heavy atom. The highest BCUT2D eigenvalue weighted by Gasteiger charge is 2.58. The average molecular weight is 370 g/mol. The predicted octanol–water partition coefficient (Wildman–Crippen LogP) is 3.70. The number of nitrogens with zero attached hydrogens (tertiary/aromatic N) is 2. The van der Waals surface area contributed by atoms with Crippen LogP contribution >= 0.6 is 0 Å². The Balaban J connectivity index is 1.55. The Hall–Kier alpha value is -1.88. The molecule has 5 nitrogen and oxygen atoms in total. The van der Waals surface area contributed by atoms with Crippen LogP contribution in [0.5, 0.6) is 0 Å². The van der Waals surface area contributed by atoms with Crippen LogP contribution in [0.25, 0.3) is 0 Å². The summed E-state index contributed by atoms with van der Waals surface area (Å²) in [5, 5.41) is 3.11. The number of rotatable bonds is 3. The van der Waals surface area contributed by atoms with Crippen LogP contribution in [0.2, 0.25) is 0 Å². The van der Waals surface area contributed by atoms with Crippen LogP contribution in [0.3, 0.4) is 0 Å². The van der Waals surface area contributed by atoms with Gasteiger partial charge in [0.2, 0.25) is 0 Å². The highest BCUT2D eigenvalue weighted by atomic mass is 16.2. The normalized spacial score (nSPS) is 29.9. The van der Waals surface area contributed by atoms with E-state index in [2.05, 4.69) is 48.3 Å². The molecule has 2 fully saturated rings. The fraction of sp³-hybridized carbons (Fsp3) is 0.636. The van der Waals surface area contributed by atoms with Crippen molar-refractivity contribution in [2.75, 3.05) is 13.7 Å². The van der Waals surface area contributed by atoms with Gasteiger partial charge in [0.15, 0.2) is 0 Å². The van der Waals surface area contributed by atoms with Crippen molar-refractivity contribution < 1.29 is 9.59 Å². The van der Waals surface area contributed by atoms with E-state index in [0.717, 1.165) is 38.5 Å². The van der Waals surface area contributed by atoms with Gasteiger partial charge in [-0.15, -0.1) is 0 Å². The first kappa shape index (κ1) is 18.5. The number of hydrogen-bond donors (Lipinski definition) is 1. The van der Waals surface area contributed by atoms with E-state index in [1.165, 1.54) is 16.0 Å². The van der Waals surface area contributed by atoms with Crippen molar-refractivity contribution in [1.82, 2.24) is 15.1 Å². The topological polar surface area (TPSA) is 52.7 Å². The van der Waals surface area contributed by atoms with E-state index in [9.17, 15) is 9.59 Å². The SMILES string of the molecule is C[C@@H]1CCC[C@@H](C)C12NC(=O)N(CN(C)[C@H]1CCCc3ccccc31)C2=O. The molecule has 1 spiro atoms. The molecular formula is C22H31N3O2. The zero-order chi connectivity index (χ0) is 19.2. The summed E-state index contributed by atoms with van der Waals surface area (Å²) in [6, 6.07) is 8.59. The minimum Gasteiger partial charge on any atom is -0.323 e. The molecule has 1 heterocycles. The van der Waals surface area contributed by atoms with E-state index < -0.39 is 5.54 Å². The van der Waals surface area contributed by atoms with E-state index in [-0.39, 0.29) is 29.8 Å². The molecule has 3 atom stereocenters. The molecular weight excluding hydrogens is 338 g/mol. The van der Waals surface area contributed by atoms with E-state index in [1.807, 2.05) is 7.05 Å². The lowest BCUT2D eigenvalue weighted by atomic mass is 9.67. The number of fused-ring (bicyclic) bond motifs is 1. The Bertz CT molecular complexity index is 737. The van der Waals surface area contributed by atoms with Gasteiger partial charge in [0.25, 0.3) is 5.91 Å². The molecule has 27 heavy (non-hydrogen) atoms. The standard InChI is InChI=1S/C22H31N3O2/c1-15-8-6-9-16(2)22(15)20(26)25(21(27)23-22)14-24(3)19-13-7-11-17-10-4-5-12-18(17)19/h4-5,10,12,15-16,19H,6-9,11,13-14H2,1-3H3,(H,23,27)/t15-,16-,19+/m1/s1. The zero-order valence-corrected chi connectivity index (χ0v) is 16.7. The molecule has 0 radical (unpaired) electrons. The van der Waals surface area contributed by atoms with Gasteiger partial charge in [0, 0.05) is 6.04 Å². The van der Waals surface area contributed by atoms with Crippen LogP contribution in [-0.2, 0) is 11.2 Å². The first-order valence-electron chi connectivity index (χ1n) is 10.4. The maximum absolute atomic E-state index is 13.4. The highest BCUT2D eigenvalue weighted by Crippen LogP contribution is 2.42. The second-order valence-electron chi connectivity index (χ2n) is 8.77. The number of amides is 3. The van der Waals surface area contributed by atoms with Crippen LogP contribution in [0.15, 0.2) is 24.3 Å². The van der Waals surface area contributed by atoms with Crippen molar-refractivity contribution in [2.24, 2.45) is 11.8 Å². The fourth-order valence-corrected chi connectivity index (χ4v) is 5.59. The molecule has 3 aliphatic rings. The third kappa shape index (κ3) is 2.87. The van der Waals surface area contributed by atoms with Crippen molar-refractivity contribution in [3.8, 4) is 0 Å². The minimum atomic E-state index is -0.708. The number of hydrogen-bond acceptors (Lipinski definition) is 3. The Kier molecular flexibility index (Phi) is 4.75. The van der Waals surface area contributed by atoms with Gasteiger partial charge in [-0.2, -0.15) is 0 Å². The smallest absolute Gasteiger partial charge is 0.323 e. The van der Waals surface area contributed by atoms with Crippen LogP contribution < -0.4 is 5.32 Å². The molecule has 2 aliphatic carbocycles. The largest absolute Gasteiger partial charge is 0.326 e. The van der Waals surface area contributed by atoms with Crippen molar-refractivity contribution in [3.63, 3.8) is 0 Å². The third-order valence-electron chi connectivity index (χ3n) is 7.22. The number of imide groups is 1. The van der Waals surface area contributed by atoms with Gasteiger partial charge in [0.05, 0.1) is 6.67 Å². The first-order valence-corrected chi connectivity index (χ1v) is 10.4. The molecule has 1 aromatic rings. The molecule has 0 bridgehead atoms. The summed E-state index contributed by atoms with van der Waals surface area (Å²) >= 11 is 0. The van der Waals surface area contributed by atoms with Gasteiger partial charge in [-0.1, -0.05) is 44.5 Å². The molecule has 1 saturated carbocycles. The quantitative estimate of drug-likeness (QED) is 0.827. The van der Waals surface area contributed by atoms with Gasteiger partial charge in [-0.05, 0) is 62.1 Å². The minimum absolute atomic E-state index is 0.0249. The molecule has 4 rings (SSSR count). The lowest BCUT2D eigenvalue weighted by Crippen LogP contribution is -2.59. The number of nitrogens with one attached hydrogen (secondary N) is 1. The van der Waals surface area contributed by atoms with E-state index in [0.29, 0.717) is 6.67 Å². The molecule has 1 aliphatic heterocycles. The van der Waals surface area contributed by atoms with E-state index in [4.69, 9.17) is 0 Å². The molecule has 1 saturated heterocycles. The molecule has 0 unspecified atom stereocenters. The lowest BCUT2D eigenvalue weighted by Gasteiger charge is -2.42. The molecule has 0 aromatic heterocycles. The maximum Gasteiger partial charge on any atom is 0.326 e. The summed E-state index contributed by atoms with van der Waals surface area (Å²) in [6.07, 6.45) is 6.44. The predicted molar refractivity (Wildman–Crippen MR) is 105 cm³/mol. The van der Waals surface area contributed by atoms with Crippen LogP contribution in [-0.4, -0.2) is 41.0 Å². The van der Waals surface area contributed by atoms with E-state index in [1.54, 1.807) is 0 Å². The number of urea groups is 1. The number of aryl methyl sites for hydroxylation is 1. The van der Waals surface area contributed by atoms with Crippen LogP contribution in [0, 0.1) is 11.8 Å². The molecule has 146 valence electrons. The van der Waals surface area contributed by atoms with Gasteiger partial charge in [-0.3, -0.25) is 9.69 Å². The molecule has 1 aromatic carbocycles. The second kappa shape index (κ2) is 6.93. The van der Waals surface area contributed by atoms with Crippen LogP contribution in [0.4, 0.5) is 4.79 Å². The van der Waals surface area contributed by atoms with Gasteiger partial charge in [-0.25, -0.2) is 9.69 Å². The monoisotopic (exact) mass is 369 g/mol. The molecule has 1 N–H and O–H groups in total. The van der Waals surface area contributed by atoms with Crippen molar-refractivity contribution >= 4 is 11.9 Å². The van der Waals surface area contributed by atoms with Gasteiger partial charge in [0.1, 0.15) is 5.54 Å². The lowest BCUT2D eigenvalue weighted by molar-refractivity contribution is -0.138. The number of carbonyl (C=O) groups is 2. The van der Waals surface area contributed by atoms with Crippen molar-refractivity contribution in [1.29, 1.82) is 0 Å². The summed E-state index contributed by atoms with van der Waals surface area (Å²) in [5.74, 6) is 0.343. The van der Waals surface area contributed by atoms with Crippen molar-refractivity contribution in [2.45, 2.75) is 64.0 Å². The summed E-state index contributed by atoms with van der Waals surface area (Å²) in [6.45, 7) is 4.57. The maximum atomic E-state index is 13.4. The summed E-state index contributed by atoms with van der Waals surface area (Å²) in [7, 11) is 2.03. The summed E-state index contributed by atoms with van der Waals surface area (Å²) in [4.78, 5) is 29.8. The van der Waals surface area contributed by atoms with E-state index >= 15 is 0 Å². The van der Waals surface area contributed by atoms with Crippen molar-refractivity contribution in [3.05, 3.63) is 35.4 Å². The zero-order valence-electron chi connectivity index (χ0n) is 16.7. The Morgan fingerprint density at radius 3 is 2.56 bits per heavy atom. The Morgan fingerprint density at radius 2 is 1.81 bits per heavy atom. The third-order valence-corrected chi connectivity index (χ3v) is 7.22. The number of benzene rings is 1. The number of carbonyl (C=O) groups excluding carboxylic acids is 2. The van der Waals surface area contributed by atoms with Gasteiger partial charge >= 0.3 is 6.03 Å². The summed E-state index contributed by atoms with van der Waals surface area (Å²) in [5.41, 5.74) is 2.02. The van der Waals surface area contributed by atoms with Gasteiger partial charge < -0.3 is 5.32 Å². The molecule has 5 heteroatoms. The average Bonchev–Trinajstić information content (AvgIpc) is 2.91. The second-order valence-corrected chi connectivity index (χ2v) is 8.77. The molecule has 3 amide bonds. The fourth-order valence-electron chi connectivity index (χ4n) is 5.59. The Labute approximate surface area is 162 Å². The highest BCUT2D eigenvalue weighted by molar-refractivity contribution is 6.07. The summed E-state index contributed by atoms with van der Waals surface area (Å²) < 4.78 is 0.